The molecule has 0 heterocycles. The molecule has 0 saturated heterocycles. The number of rotatable bonds is 2. The molecule has 0 aliphatic carbocycles. The van der Waals surface area contributed by atoms with Gasteiger partial charge in [0.1, 0.15) is 0 Å². The van der Waals surface area contributed by atoms with Crippen LogP contribution in [0.25, 0.3) is 0 Å². The van der Waals surface area contributed by atoms with Gasteiger partial charge in [-0.3, -0.25) is 4.79 Å². The van der Waals surface area contributed by atoms with Crippen LogP contribution in [0.2, 0.25) is 0 Å². The van der Waals surface area contributed by atoms with Gasteiger partial charge in [-0.05, 0) is 6.26 Å². The second kappa shape index (κ2) is 3.93. The molecule has 40 valence electrons. The Morgan fingerprint density at radius 2 is 2.57 bits per heavy atom. The molecule has 1 nitrogen and oxygen atoms in total. The molecule has 0 unspecified atom stereocenters. The van der Waals surface area contributed by atoms with Crippen LogP contribution in [0.5, 0.6) is 0 Å². The SMILES string of the molecule is C=CCC(=O)SC. The summed E-state index contributed by atoms with van der Waals surface area (Å²) < 4.78 is 0. The predicted molar refractivity (Wildman–Crippen MR) is 33.3 cm³/mol. The van der Waals surface area contributed by atoms with E-state index in [1.165, 1.54) is 11.8 Å². The number of carbonyl (C=O) groups excluding carboxylic acids is 1. The van der Waals surface area contributed by atoms with Crippen LogP contribution < -0.4 is 0 Å². The summed E-state index contributed by atoms with van der Waals surface area (Å²) >= 11 is 1.24. The van der Waals surface area contributed by atoms with Crippen molar-refractivity contribution in [3.05, 3.63) is 12.7 Å². The van der Waals surface area contributed by atoms with Gasteiger partial charge in [-0.25, -0.2) is 0 Å². The minimum atomic E-state index is 0.176. The molecular formula is C5H8OS. The van der Waals surface area contributed by atoms with Gasteiger partial charge < -0.3 is 0 Å². The summed E-state index contributed by atoms with van der Waals surface area (Å²) in [7, 11) is 0. The van der Waals surface area contributed by atoms with E-state index in [0.29, 0.717) is 6.42 Å². The molecule has 0 bridgehead atoms. The van der Waals surface area contributed by atoms with E-state index in [-0.39, 0.29) is 5.12 Å². The van der Waals surface area contributed by atoms with Gasteiger partial charge in [-0.2, -0.15) is 0 Å². The largest absolute Gasteiger partial charge is 0.287 e. The van der Waals surface area contributed by atoms with E-state index in [2.05, 4.69) is 6.58 Å². The van der Waals surface area contributed by atoms with Gasteiger partial charge in [0.25, 0.3) is 0 Å². The van der Waals surface area contributed by atoms with Crippen LogP contribution >= 0.6 is 11.8 Å². The van der Waals surface area contributed by atoms with Gasteiger partial charge in [-0.1, -0.05) is 17.8 Å². The van der Waals surface area contributed by atoms with Crippen LogP contribution in [0, 0.1) is 0 Å². The Labute approximate surface area is 47.8 Å². The molecule has 0 rings (SSSR count). The van der Waals surface area contributed by atoms with Crippen LogP contribution in [0.4, 0.5) is 0 Å². The molecule has 0 spiro atoms. The Morgan fingerprint density at radius 1 is 2.00 bits per heavy atom. The summed E-state index contributed by atoms with van der Waals surface area (Å²) in [5, 5.41) is 0.176. The van der Waals surface area contributed by atoms with Crippen molar-refractivity contribution in [2.45, 2.75) is 6.42 Å². The standard InChI is InChI=1S/C5H8OS/c1-3-4-5(6)7-2/h3H,1,4H2,2H3. The third kappa shape index (κ3) is 3.59. The monoisotopic (exact) mass is 116 g/mol. The highest BCUT2D eigenvalue weighted by atomic mass is 32.2. The maximum Gasteiger partial charge on any atom is 0.192 e. The summed E-state index contributed by atoms with van der Waals surface area (Å²) in [6, 6.07) is 0. The first-order valence-corrected chi connectivity index (χ1v) is 3.21. The van der Waals surface area contributed by atoms with E-state index in [9.17, 15) is 4.79 Å². The number of hydrogen-bond acceptors (Lipinski definition) is 2. The van der Waals surface area contributed by atoms with E-state index in [0.717, 1.165) is 0 Å². The number of hydrogen-bond donors (Lipinski definition) is 0. The lowest BCUT2D eigenvalue weighted by Crippen LogP contribution is -1.83. The molecule has 2 heteroatoms. The van der Waals surface area contributed by atoms with Crippen LogP contribution in [-0.4, -0.2) is 11.4 Å². The molecule has 0 fully saturated rings. The Kier molecular flexibility index (Phi) is 3.80. The number of thioether (sulfide) groups is 1. The zero-order valence-electron chi connectivity index (χ0n) is 4.31. The molecule has 0 aliphatic rings. The van der Waals surface area contributed by atoms with Crippen molar-refractivity contribution in [2.24, 2.45) is 0 Å². The third-order valence-electron chi connectivity index (χ3n) is 0.539. The minimum absolute atomic E-state index is 0.176. The zero-order chi connectivity index (χ0) is 5.70. The third-order valence-corrected chi connectivity index (χ3v) is 1.16. The summed E-state index contributed by atoms with van der Waals surface area (Å²) in [5.41, 5.74) is 0. The van der Waals surface area contributed by atoms with Gasteiger partial charge in [0.15, 0.2) is 5.12 Å². The Morgan fingerprint density at radius 3 is 2.71 bits per heavy atom. The van der Waals surface area contributed by atoms with E-state index >= 15 is 0 Å². The fraction of sp³-hybridized carbons (Fsp3) is 0.400. The molecule has 0 N–H and O–H groups in total. The first-order valence-electron chi connectivity index (χ1n) is 1.99. The fourth-order valence-corrected chi connectivity index (χ4v) is 0.486. The second-order valence-corrected chi connectivity index (χ2v) is 1.93. The fourth-order valence-electron chi connectivity index (χ4n) is 0.201. The minimum Gasteiger partial charge on any atom is -0.287 e. The summed E-state index contributed by atoms with van der Waals surface area (Å²) in [5.74, 6) is 0. The van der Waals surface area contributed by atoms with Crippen molar-refractivity contribution >= 4 is 16.9 Å². The van der Waals surface area contributed by atoms with Crippen molar-refractivity contribution in [3.8, 4) is 0 Å². The van der Waals surface area contributed by atoms with E-state index < -0.39 is 0 Å². The molecule has 0 radical (unpaired) electrons. The van der Waals surface area contributed by atoms with Crippen LogP contribution in [0.3, 0.4) is 0 Å². The molecule has 0 aromatic rings. The van der Waals surface area contributed by atoms with E-state index in [1.807, 2.05) is 0 Å². The van der Waals surface area contributed by atoms with Crippen molar-refractivity contribution in [2.75, 3.05) is 6.26 Å². The van der Waals surface area contributed by atoms with Crippen LogP contribution in [0.1, 0.15) is 6.42 Å². The molecule has 0 amide bonds. The second-order valence-electron chi connectivity index (χ2n) is 1.07. The molecule has 0 atom stereocenters. The molecule has 7 heavy (non-hydrogen) atoms. The predicted octanol–water partition coefficient (Wildman–Crippen LogP) is 1.45. The molecule has 0 aliphatic heterocycles. The topological polar surface area (TPSA) is 17.1 Å². The number of carbonyl (C=O) groups is 1. The number of allylic oxidation sites excluding steroid dienone is 1. The highest BCUT2D eigenvalue weighted by molar-refractivity contribution is 8.13. The lowest BCUT2D eigenvalue weighted by molar-refractivity contribution is -0.110. The van der Waals surface area contributed by atoms with E-state index in [1.54, 1.807) is 12.3 Å². The Hall–Kier alpha value is -0.240. The summed E-state index contributed by atoms with van der Waals surface area (Å²) in [6.45, 7) is 3.41. The van der Waals surface area contributed by atoms with E-state index in [4.69, 9.17) is 0 Å². The Bertz CT molecular complexity index is 78.1. The average Bonchev–Trinajstić information content (AvgIpc) is 1.68. The molecule has 0 aromatic heterocycles. The molecular weight excluding hydrogens is 108 g/mol. The maximum atomic E-state index is 10.3. The van der Waals surface area contributed by atoms with Gasteiger partial charge >= 0.3 is 0 Å². The average molecular weight is 116 g/mol. The first-order chi connectivity index (χ1) is 3.31. The lowest BCUT2D eigenvalue weighted by Gasteiger charge is -1.83. The van der Waals surface area contributed by atoms with Gasteiger partial charge in [0.05, 0.1) is 0 Å². The zero-order valence-corrected chi connectivity index (χ0v) is 5.12. The summed E-state index contributed by atoms with van der Waals surface area (Å²) in [4.78, 5) is 10.3. The molecule has 0 saturated carbocycles. The van der Waals surface area contributed by atoms with Crippen LogP contribution in [-0.2, 0) is 4.79 Å². The van der Waals surface area contributed by atoms with Crippen LogP contribution in [0.15, 0.2) is 12.7 Å². The first kappa shape index (κ1) is 6.76. The van der Waals surface area contributed by atoms with Crippen molar-refractivity contribution in [3.63, 3.8) is 0 Å². The summed E-state index contributed by atoms with van der Waals surface area (Å²) in [6.07, 6.45) is 3.87. The Balaban J connectivity index is 3.17. The maximum absolute atomic E-state index is 10.3. The highest BCUT2D eigenvalue weighted by Crippen LogP contribution is 1.97. The normalized spacial score (nSPS) is 8.14. The smallest absolute Gasteiger partial charge is 0.192 e. The molecule has 0 aromatic carbocycles. The quantitative estimate of drug-likeness (QED) is 0.508. The van der Waals surface area contributed by atoms with Crippen molar-refractivity contribution < 1.29 is 4.79 Å². The van der Waals surface area contributed by atoms with Crippen molar-refractivity contribution in [1.82, 2.24) is 0 Å². The lowest BCUT2D eigenvalue weighted by atomic mass is 10.5. The van der Waals surface area contributed by atoms with Gasteiger partial charge in [0.2, 0.25) is 0 Å². The van der Waals surface area contributed by atoms with Gasteiger partial charge in [-0.15, -0.1) is 6.58 Å². The van der Waals surface area contributed by atoms with Gasteiger partial charge in [0, 0.05) is 6.42 Å². The highest BCUT2D eigenvalue weighted by Gasteiger charge is 1.89. The van der Waals surface area contributed by atoms with Crippen molar-refractivity contribution in [1.29, 1.82) is 0 Å².